The number of ether oxygens (including phenoxy) is 1. The molecule has 2 fully saturated rings. The number of aryl methyl sites for hydroxylation is 1. The van der Waals surface area contributed by atoms with E-state index in [1.165, 1.54) is 33.0 Å². The second kappa shape index (κ2) is 8.57. The van der Waals surface area contributed by atoms with Crippen molar-refractivity contribution in [2.75, 3.05) is 27.2 Å². The van der Waals surface area contributed by atoms with E-state index < -0.39 is 0 Å². The monoisotopic (exact) mass is 397 g/mol. The van der Waals surface area contributed by atoms with Gasteiger partial charge < -0.3 is 9.64 Å². The molecule has 0 radical (unpaired) electrons. The second-order valence-corrected chi connectivity index (χ2v) is 8.64. The lowest BCUT2D eigenvalue weighted by molar-refractivity contribution is -0.140. The SMILES string of the molecule is COC(=O)CCc1ccc(-n2ccn([C@H]3CCC4CN(C)CCC4C3)c2=O)cc1. The van der Waals surface area contributed by atoms with Crippen LogP contribution in [0.25, 0.3) is 5.69 Å². The standard InChI is InChI=1S/C23H31N3O3/c1-24-12-11-18-15-21(9-6-19(18)16-24)26-14-13-25(23(26)28)20-7-3-17(4-8-20)5-10-22(27)29-2/h3-4,7-8,13-14,18-19,21H,5-6,9-12,15-16H2,1-2H3/t18?,19?,21-/m0/s1. The van der Waals surface area contributed by atoms with Gasteiger partial charge >= 0.3 is 11.7 Å². The molecule has 1 aliphatic carbocycles. The molecule has 2 heterocycles. The maximum Gasteiger partial charge on any atom is 0.332 e. The Hall–Kier alpha value is -2.34. The predicted molar refractivity (Wildman–Crippen MR) is 112 cm³/mol. The van der Waals surface area contributed by atoms with Crippen LogP contribution in [0.4, 0.5) is 0 Å². The highest BCUT2D eigenvalue weighted by atomic mass is 16.5. The number of rotatable bonds is 5. The van der Waals surface area contributed by atoms with E-state index in [0.717, 1.165) is 35.9 Å². The smallest absolute Gasteiger partial charge is 0.332 e. The summed E-state index contributed by atoms with van der Waals surface area (Å²) in [6, 6.07) is 8.17. The van der Waals surface area contributed by atoms with Crippen LogP contribution in [0.2, 0.25) is 0 Å². The molecule has 1 aromatic heterocycles. The summed E-state index contributed by atoms with van der Waals surface area (Å²) in [6.45, 7) is 2.38. The fourth-order valence-corrected chi connectivity index (χ4v) is 5.06. The van der Waals surface area contributed by atoms with Gasteiger partial charge in [0.1, 0.15) is 0 Å². The van der Waals surface area contributed by atoms with E-state index in [1.54, 1.807) is 4.57 Å². The molecule has 0 spiro atoms. The number of carbonyl (C=O) groups excluding carboxylic acids is 1. The van der Waals surface area contributed by atoms with Crippen molar-refractivity contribution in [3.63, 3.8) is 0 Å². The highest BCUT2D eigenvalue weighted by molar-refractivity contribution is 5.69. The van der Waals surface area contributed by atoms with Crippen LogP contribution in [0.3, 0.4) is 0 Å². The molecule has 0 N–H and O–H groups in total. The summed E-state index contributed by atoms with van der Waals surface area (Å²) in [4.78, 5) is 26.8. The van der Waals surface area contributed by atoms with Crippen LogP contribution in [0.1, 0.15) is 43.7 Å². The van der Waals surface area contributed by atoms with Crippen LogP contribution in [0.15, 0.2) is 41.5 Å². The molecule has 3 atom stereocenters. The van der Waals surface area contributed by atoms with Crippen molar-refractivity contribution in [3.8, 4) is 5.69 Å². The zero-order chi connectivity index (χ0) is 20.4. The third-order valence-corrected chi connectivity index (χ3v) is 6.80. The van der Waals surface area contributed by atoms with Crippen molar-refractivity contribution in [3.05, 3.63) is 52.7 Å². The van der Waals surface area contributed by atoms with Crippen molar-refractivity contribution >= 4 is 5.97 Å². The average Bonchev–Trinajstić information content (AvgIpc) is 3.13. The van der Waals surface area contributed by atoms with Gasteiger partial charge in [0.05, 0.1) is 12.8 Å². The third kappa shape index (κ3) is 4.32. The average molecular weight is 398 g/mol. The number of aromatic nitrogens is 2. The molecule has 2 aliphatic rings. The number of carbonyl (C=O) groups is 1. The summed E-state index contributed by atoms with van der Waals surface area (Å²) in [5, 5.41) is 0. The fourth-order valence-electron chi connectivity index (χ4n) is 5.06. The lowest BCUT2D eigenvalue weighted by Crippen LogP contribution is -2.42. The first-order valence-electron chi connectivity index (χ1n) is 10.7. The number of hydrogen-bond donors (Lipinski definition) is 0. The van der Waals surface area contributed by atoms with Gasteiger partial charge in [-0.1, -0.05) is 12.1 Å². The number of fused-ring (bicyclic) bond motifs is 1. The van der Waals surface area contributed by atoms with E-state index in [1.807, 2.05) is 41.2 Å². The maximum absolute atomic E-state index is 13.1. The molecule has 29 heavy (non-hydrogen) atoms. The van der Waals surface area contributed by atoms with Crippen LogP contribution < -0.4 is 5.69 Å². The van der Waals surface area contributed by atoms with E-state index in [0.29, 0.717) is 18.9 Å². The summed E-state index contributed by atoms with van der Waals surface area (Å²) in [5.74, 6) is 1.33. The molecular weight excluding hydrogens is 366 g/mol. The Labute approximate surface area is 172 Å². The topological polar surface area (TPSA) is 56.5 Å². The van der Waals surface area contributed by atoms with Crippen LogP contribution in [-0.4, -0.2) is 47.3 Å². The van der Waals surface area contributed by atoms with E-state index in [2.05, 4.69) is 16.7 Å². The highest BCUT2D eigenvalue weighted by Crippen LogP contribution is 2.40. The molecule has 1 saturated carbocycles. The van der Waals surface area contributed by atoms with Gasteiger partial charge in [-0.25, -0.2) is 4.79 Å². The molecular formula is C23H31N3O3. The molecule has 4 rings (SSSR count). The van der Waals surface area contributed by atoms with Gasteiger partial charge in [0, 0.05) is 31.4 Å². The predicted octanol–water partition coefficient (Wildman–Crippen LogP) is 3.04. The van der Waals surface area contributed by atoms with Crippen LogP contribution in [0, 0.1) is 11.8 Å². The van der Waals surface area contributed by atoms with E-state index in [4.69, 9.17) is 0 Å². The minimum Gasteiger partial charge on any atom is -0.469 e. The molecule has 0 bridgehead atoms. The van der Waals surface area contributed by atoms with Crippen LogP contribution in [0.5, 0.6) is 0 Å². The number of likely N-dealkylation sites (tertiary alicyclic amines) is 1. The summed E-state index contributed by atoms with van der Waals surface area (Å²) in [5.41, 5.74) is 1.97. The summed E-state index contributed by atoms with van der Waals surface area (Å²) in [7, 11) is 3.62. The van der Waals surface area contributed by atoms with Gasteiger partial charge in [0.15, 0.2) is 0 Å². The molecule has 6 nitrogen and oxygen atoms in total. The van der Waals surface area contributed by atoms with Crippen LogP contribution >= 0.6 is 0 Å². The highest BCUT2D eigenvalue weighted by Gasteiger charge is 2.35. The van der Waals surface area contributed by atoms with Crippen molar-refractivity contribution < 1.29 is 9.53 Å². The Morgan fingerprint density at radius 3 is 2.66 bits per heavy atom. The van der Waals surface area contributed by atoms with Gasteiger partial charge in [-0.15, -0.1) is 0 Å². The van der Waals surface area contributed by atoms with E-state index in [-0.39, 0.29) is 11.7 Å². The Bertz CT molecular complexity index is 899. The minimum absolute atomic E-state index is 0.0451. The van der Waals surface area contributed by atoms with Crippen molar-refractivity contribution in [1.82, 2.24) is 14.0 Å². The quantitative estimate of drug-likeness (QED) is 0.728. The summed E-state index contributed by atoms with van der Waals surface area (Å²) in [6.07, 6.45) is 9.51. The normalized spacial score (nSPS) is 24.8. The second-order valence-electron chi connectivity index (χ2n) is 8.64. The molecule has 0 amide bonds. The van der Waals surface area contributed by atoms with Gasteiger partial charge in [-0.3, -0.25) is 13.9 Å². The molecule has 6 heteroatoms. The lowest BCUT2D eigenvalue weighted by Gasteiger charge is -2.42. The third-order valence-electron chi connectivity index (χ3n) is 6.80. The number of methoxy groups -OCH3 is 1. The molecule has 156 valence electrons. The molecule has 1 aliphatic heterocycles. The molecule has 1 saturated heterocycles. The maximum atomic E-state index is 13.1. The Morgan fingerprint density at radius 1 is 1.10 bits per heavy atom. The molecule has 2 unspecified atom stereocenters. The number of piperidine rings is 1. The first-order chi connectivity index (χ1) is 14.0. The molecule has 2 aromatic rings. The number of hydrogen-bond acceptors (Lipinski definition) is 4. The van der Waals surface area contributed by atoms with E-state index >= 15 is 0 Å². The van der Waals surface area contributed by atoms with Crippen LogP contribution in [-0.2, 0) is 16.0 Å². The van der Waals surface area contributed by atoms with Crippen molar-refractivity contribution in [2.24, 2.45) is 11.8 Å². The Kier molecular flexibility index (Phi) is 5.90. The first-order valence-corrected chi connectivity index (χ1v) is 10.7. The Morgan fingerprint density at radius 2 is 1.90 bits per heavy atom. The largest absolute Gasteiger partial charge is 0.469 e. The fraction of sp³-hybridized carbons (Fsp3) is 0.565. The van der Waals surface area contributed by atoms with E-state index in [9.17, 15) is 9.59 Å². The number of esters is 1. The summed E-state index contributed by atoms with van der Waals surface area (Å²) < 4.78 is 8.36. The zero-order valence-electron chi connectivity index (χ0n) is 17.4. The molecule has 1 aromatic carbocycles. The first kappa shape index (κ1) is 20.0. The van der Waals surface area contributed by atoms with Gasteiger partial charge in [-0.05, 0) is 75.2 Å². The summed E-state index contributed by atoms with van der Waals surface area (Å²) >= 11 is 0. The van der Waals surface area contributed by atoms with Crippen molar-refractivity contribution in [2.45, 2.75) is 44.6 Å². The minimum atomic E-state index is -0.207. The van der Waals surface area contributed by atoms with Gasteiger partial charge in [-0.2, -0.15) is 0 Å². The number of benzene rings is 1. The number of imidazole rings is 1. The van der Waals surface area contributed by atoms with Gasteiger partial charge in [0.25, 0.3) is 0 Å². The Balaban J connectivity index is 1.45. The number of nitrogens with zero attached hydrogens (tertiary/aromatic N) is 3. The van der Waals surface area contributed by atoms with Gasteiger partial charge in [0.2, 0.25) is 0 Å². The zero-order valence-corrected chi connectivity index (χ0v) is 17.4. The van der Waals surface area contributed by atoms with Crippen molar-refractivity contribution in [1.29, 1.82) is 0 Å². The lowest BCUT2D eigenvalue weighted by atomic mass is 9.73.